The Bertz CT molecular complexity index is 1210. The van der Waals surface area contributed by atoms with Crippen LogP contribution in [0.25, 0.3) is 0 Å². The Balaban J connectivity index is 1.31. The molecule has 0 saturated carbocycles. The Hall–Kier alpha value is -3.26. The van der Waals surface area contributed by atoms with E-state index in [2.05, 4.69) is 47.7 Å². The van der Waals surface area contributed by atoms with E-state index in [1.165, 1.54) is 17.2 Å². The number of aromatic hydroxyl groups is 1. The second-order valence-electron chi connectivity index (χ2n) is 10.2. The molecule has 1 aliphatic rings. The van der Waals surface area contributed by atoms with Gasteiger partial charge in [-0.15, -0.1) is 0 Å². The van der Waals surface area contributed by atoms with Crippen molar-refractivity contribution in [3.63, 3.8) is 0 Å². The summed E-state index contributed by atoms with van der Waals surface area (Å²) in [7, 11) is 0. The Labute approximate surface area is 212 Å². The van der Waals surface area contributed by atoms with Gasteiger partial charge in [0, 0.05) is 12.1 Å². The number of aromatic nitrogens is 1. The van der Waals surface area contributed by atoms with E-state index in [0.717, 1.165) is 24.0 Å². The molecule has 0 fully saturated rings. The first-order valence-corrected chi connectivity index (χ1v) is 12.4. The van der Waals surface area contributed by atoms with Gasteiger partial charge < -0.3 is 26.0 Å². The molecule has 0 aliphatic heterocycles. The zero-order valence-electron chi connectivity index (χ0n) is 20.9. The molecule has 2 unspecified atom stereocenters. The quantitative estimate of drug-likeness (QED) is 0.299. The second kappa shape index (κ2) is 11.2. The Morgan fingerprint density at radius 2 is 1.89 bits per heavy atom. The molecule has 0 saturated heterocycles. The summed E-state index contributed by atoms with van der Waals surface area (Å²) in [6.07, 6.45) is 2.09. The highest BCUT2D eigenvalue weighted by atomic mass is 16.3. The molecule has 0 radical (unpaired) electrons. The minimum atomic E-state index is -0.883. The molecule has 1 aliphatic carbocycles. The number of fused-ring (bicyclic) bond motifs is 1. The number of benzene rings is 2. The van der Waals surface area contributed by atoms with Crippen LogP contribution in [0.4, 0.5) is 0 Å². The van der Waals surface area contributed by atoms with Crippen molar-refractivity contribution in [2.45, 2.75) is 63.8 Å². The van der Waals surface area contributed by atoms with Crippen LogP contribution in [0.15, 0.2) is 60.7 Å². The van der Waals surface area contributed by atoms with Gasteiger partial charge in [-0.1, -0.05) is 48.5 Å². The van der Waals surface area contributed by atoms with Crippen molar-refractivity contribution in [2.75, 3.05) is 6.54 Å². The lowest BCUT2D eigenvalue weighted by Gasteiger charge is -2.28. The van der Waals surface area contributed by atoms with Crippen molar-refractivity contribution < 1.29 is 20.1 Å². The standard InChI is InChI=1S/C29H35N3O4/c1-29(2,30-17-27(35)24-12-13-26(34)25(18-33)31-24)16-20-7-5-6-19(14-20)15-28(36)32-23-11-10-21-8-3-4-9-22(21)23/h3-9,12-14,23,27,30,33-35H,10-11,15-18H2,1-2H3,(H,32,36). The number of hydrogen-bond acceptors (Lipinski definition) is 6. The lowest BCUT2D eigenvalue weighted by molar-refractivity contribution is -0.121. The summed E-state index contributed by atoms with van der Waals surface area (Å²) in [5, 5.41) is 36.1. The van der Waals surface area contributed by atoms with Gasteiger partial charge in [0.2, 0.25) is 5.91 Å². The van der Waals surface area contributed by atoms with Gasteiger partial charge in [0.05, 0.1) is 24.8 Å². The van der Waals surface area contributed by atoms with Gasteiger partial charge in [-0.3, -0.25) is 4.79 Å². The van der Waals surface area contributed by atoms with Gasteiger partial charge in [0.15, 0.2) is 0 Å². The second-order valence-corrected chi connectivity index (χ2v) is 10.2. The minimum absolute atomic E-state index is 0.0259. The SMILES string of the molecule is CC(C)(Cc1cccc(CC(=O)NC2CCc3ccccc32)c1)NCC(O)c1ccc(O)c(CO)n1. The predicted octanol–water partition coefficient (Wildman–Crippen LogP) is 3.27. The molecule has 1 aromatic heterocycles. The number of amides is 1. The molecule has 0 spiro atoms. The molecular formula is C29H35N3O4. The fourth-order valence-corrected chi connectivity index (χ4v) is 4.85. The highest BCUT2D eigenvalue weighted by Gasteiger charge is 2.24. The molecule has 2 aromatic carbocycles. The third-order valence-corrected chi connectivity index (χ3v) is 6.71. The van der Waals surface area contributed by atoms with Crippen LogP contribution >= 0.6 is 0 Å². The maximum absolute atomic E-state index is 12.8. The van der Waals surface area contributed by atoms with Crippen LogP contribution in [0.5, 0.6) is 5.75 Å². The lowest BCUT2D eigenvalue weighted by atomic mass is 9.93. The first-order valence-electron chi connectivity index (χ1n) is 12.4. The molecule has 5 N–H and O–H groups in total. The van der Waals surface area contributed by atoms with E-state index in [0.29, 0.717) is 18.5 Å². The van der Waals surface area contributed by atoms with E-state index < -0.39 is 12.7 Å². The number of carbonyl (C=O) groups is 1. The van der Waals surface area contributed by atoms with E-state index in [-0.39, 0.29) is 35.5 Å². The Kier molecular flexibility index (Phi) is 8.04. The number of carbonyl (C=O) groups excluding carboxylic acids is 1. The number of nitrogens with one attached hydrogen (secondary N) is 2. The van der Waals surface area contributed by atoms with Crippen molar-refractivity contribution in [3.8, 4) is 5.75 Å². The molecule has 4 rings (SSSR count). The van der Waals surface area contributed by atoms with Crippen LogP contribution in [0.1, 0.15) is 66.1 Å². The van der Waals surface area contributed by atoms with Gasteiger partial charge in [-0.25, -0.2) is 4.98 Å². The summed E-state index contributed by atoms with van der Waals surface area (Å²) in [6.45, 7) is 3.98. The monoisotopic (exact) mass is 489 g/mol. The molecule has 1 amide bonds. The van der Waals surface area contributed by atoms with Crippen LogP contribution < -0.4 is 10.6 Å². The highest BCUT2D eigenvalue weighted by molar-refractivity contribution is 5.79. The van der Waals surface area contributed by atoms with E-state index >= 15 is 0 Å². The van der Waals surface area contributed by atoms with Crippen LogP contribution in [-0.4, -0.2) is 38.3 Å². The zero-order chi connectivity index (χ0) is 25.7. The summed E-state index contributed by atoms with van der Waals surface area (Å²) in [4.78, 5) is 16.9. The molecule has 0 bridgehead atoms. The number of nitrogens with zero attached hydrogens (tertiary/aromatic N) is 1. The largest absolute Gasteiger partial charge is 0.506 e. The van der Waals surface area contributed by atoms with Gasteiger partial charge in [0.1, 0.15) is 17.5 Å². The maximum Gasteiger partial charge on any atom is 0.224 e. The van der Waals surface area contributed by atoms with Crippen molar-refractivity contribution in [2.24, 2.45) is 0 Å². The van der Waals surface area contributed by atoms with Crippen LogP contribution in [0.2, 0.25) is 0 Å². The number of rotatable bonds is 10. The first kappa shape index (κ1) is 25.8. The topological polar surface area (TPSA) is 115 Å². The third-order valence-electron chi connectivity index (χ3n) is 6.71. The first-order chi connectivity index (χ1) is 17.2. The predicted molar refractivity (Wildman–Crippen MR) is 138 cm³/mol. The van der Waals surface area contributed by atoms with E-state index in [1.54, 1.807) is 6.07 Å². The summed E-state index contributed by atoms with van der Waals surface area (Å²) in [5.74, 6) is -0.0682. The molecule has 1 heterocycles. The van der Waals surface area contributed by atoms with Gasteiger partial charge in [-0.05, 0) is 67.5 Å². The summed E-state index contributed by atoms with van der Waals surface area (Å²) < 4.78 is 0. The van der Waals surface area contributed by atoms with Crippen LogP contribution in [0, 0.1) is 0 Å². The van der Waals surface area contributed by atoms with Gasteiger partial charge >= 0.3 is 0 Å². The number of β-amino-alcohol motifs (C(OH)–C–C–N with tert-alkyl or cyclic N) is 1. The highest BCUT2D eigenvalue weighted by Crippen LogP contribution is 2.30. The van der Waals surface area contributed by atoms with E-state index in [1.807, 2.05) is 30.3 Å². The molecule has 2 atom stereocenters. The maximum atomic E-state index is 12.8. The average molecular weight is 490 g/mol. The fraction of sp³-hybridized carbons (Fsp3) is 0.379. The van der Waals surface area contributed by atoms with Gasteiger partial charge in [-0.2, -0.15) is 0 Å². The third kappa shape index (κ3) is 6.49. The molecule has 3 aromatic rings. The van der Waals surface area contributed by atoms with Crippen molar-refractivity contribution in [1.29, 1.82) is 0 Å². The van der Waals surface area contributed by atoms with Crippen molar-refractivity contribution in [1.82, 2.24) is 15.6 Å². The lowest BCUT2D eigenvalue weighted by Crippen LogP contribution is -2.43. The summed E-state index contributed by atoms with van der Waals surface area (Å²) in [6, 6.07) is 19.4. The molecule has 190 valence electrons. The minimum Gasteiger partial charge on any atom is -0.506 e. The fourth-order valence-electron chi connectivity index (χ4n) is 4.85. The molecule has 7 nitrogen and oxygen atoms in total. The number of aliphatic hydroxyl groups excluding tert-OH is 2. The number of aryl methyl sites for hydroxylation is 1. The van der Waals surface area contributed by atoms with Crippen LogP contribution in [0.3, 0.4) is 0 Å². The summed E-state index contributed by atoms with van der Waals surface area (Å²) in [5.41, 5.74) is 4.82. The normalized spacial score (nSPS) is 15.9. The van der Waals surface area contributed by atoms with Crippen molar-refractivity contribution in [3.05, 3.63) is 94.3 Å². The molecule has 7 heteroatoms. The number of hydrogen-bond donors (Lipinski definition) is 5. The summed E-state index contributed by atoms with van der Waals surface area (Å²) >= 11 is 0. The number of aliphatic hydroxyl groups is 2. The average Bonchev–Trinajstić information content (AvgIpc) is 3.25. The Morgan fingerprint density at radius 1 is 1.11 bits per heavy atom. The molecular weight excluding hydrogens is 454 g/mol. The Morgan fingerprint density at radius 3 is 2.69 bits per heavy atom. The van der Waals surface area contributed by atoms with E-state index in [9.17, 15) is 20.1 Å². The van der Waals surface area contributed by atoms with E-state index in [4.69, 9.17) is 0 Å². The van der Waals surface area contributed by atoms with Crippen LogP contribution in [-0.2, 0) is 30.7 Å². The van der Waals surface area contributed by atoms with Crippen molar-refractivity contribution >= 4 is 5.91 Å². The van der Waals surface area contributed by atoms with Gasteiger partial charge in [0.25, 0.3) is 0 Å². The zero-order valence-corrected chi connectivity index (χ0v) is 20.9. The molecule has 36 heavy (non-hydrogen) atoms. The smallest absolute Gasteiger partial charge is 0.224 e. The number of pyridine rings is 1.